The van der Waals surface area contributed by atoms with Crippen LogP contribution in [0, 0.1) is 24.5 Å². The van der Waals surface area contributed by atoms with Gasteiger partial charge in [-0.15, -0.1) is 0 Å². The quantitative estimate of drug-likeness (QED) is 0.381. The van der Waals surface area contributed by atoms with Gasteiger partial charge in [-0.3, -0.25) is 0 Å². The van der Waals surface area contributed by atoms with Gasteiger partial charge in [0.2, 0.25) is 6.10 Å². The maximum Gasteiger partial charge on any atom is 0.348 e. The lowest BCUT2D eigenvalue weighted by molar-refractivity contribution is -0.164. The van der Waals surface area contributed by atoms with Crippen LogP contribution in [0.15, 0.2) is 60.8 Å². The van der Waals surface area contributed by atoms with Crippen molar-refractivity contribution in [2.45, 2.75) is 57.2 Å². The third-order valence-corrected chi connectivity index (χ3v) is 6.72. The summed E-state index contributed by atoms with van der Waals surface area (Å²) < 4.78 is 40.2. The Labute approximate surface area is 209 Å². The molecule has 0 aliphatic heterocycles. The van der Waals surface area contributed by atoms with E-state index in [4.69, 9.17) is 9.47 Å². The van der Waals surface area contributed by atoms with Crippen molar-refractivity contribution in [2.75, 3.05) is 6.61 Å². The van der Waals surface area contributed by atoms with Gasteiger partial charge in [0.1, 0.15) is 11.6 Å². The molecule has 1 N–H and O–H groups in total. The summed E-state index contributed by atoms with van der Waals surface area (Å²) in [5.74, 6) is -1.82. The van der Waals surface area contributed by atoms with E-state index in [1.165, 1.54) is 61.1 Å². The number of carboxylic acid groups (broad SMARTS) is 1. The fourth-order valence-electron chi connectivity index (χ4n) is 4.86. The summed E-state index contributed by atoms with van der Waals surface area (Å²) in [5, 5.41) is 10.4. The second-order valence-corrected chi connectivity index (χ2v) is 9.21. The van der Waals surface area contributed by atoms with Crippen LogP contribution in [0.25, 0.3) is 0 Å². The standard InChI is InChI=1S/C28H30F2N2O4/c1-19-15-17-31-27(32-19)36-25(26(33)34)28(21-7-11-23(29)12-8-21,22-9-13-24(30)14-10-22)35-18-16-20-5-3-2-4-6-20/h7-15,17,20,25H,2-6,16,18H2,1H3,(H,33,34). The molecule has 1 fully saturated rings. The highest BCUT2D eigenvalue weighted by molar-refractivity contribution is 5.76. The highest BCUT2D eigenvalue weighted by Gasteiger charge is 2.50. The first-order valence-corrected chi connectivity index (χ1v) is 12.2. The number of halogens is 2. The van der Waals surface area contributed by atoms with Crippen LogP contribution in [0.2, 0.25) is 0 Å². The number of carbonyl (C=O) groups is 1. The zero-order valence-corrected chi connectivity index (χ0v) is 20.2. The van der Waals surface area contributed by atoms with Gasteiger partial charge in [0.15, 0.2) is 5.60 Å². The fourth-order valence-corrected chi connectivity index (χ4v) is 4.86. The van der Waals surface area contributed by atoms with Gasteiger partial charge < -0.3 is 14.6 Å². The molecular formula is C28H30F2N2O4. The van der Waals surface area contributed by atoms with Crippen molar-refractivity contribution in [3.05, 3.63) is 89.2 Å². The number of nitrogens with zero attached hydrogens (tertiary/aromatic N) is 2. The average molecular weight is 497 g/mol. The number of ether oxygens (including phenoxy) is 2. The third kappa shape index (κ3) is 5.87. The molecule has 36 heavy (non-hydrogen) atoms. The number of carboxylic acids is 1. The van der Waals surface area contributed by atoms with Crippen molar-refractivity contribution in [3.63, 3.8) is 0 Å². The highest BCUT2D eigenvalue weighted by atomic mass is 19.1. The van der Waals surface area contributed by atoms with Crippen LogP contribution in [0.1, 0.15) is 55.3 Å². The van der Waals surface area contributed by atoms with E-state index in [0.717, 1.165) is 32.1 Å². The van der Waals surface area contributed by atoms with Crippen LogP contribution in [-0.2, 0) is 15.1 Å². The van der Waals surface area contributed by atoms with Gasteiger partial charge in [0.25, 0.3) is 0 Å². The summed E-state index contributed by atoms with van der Waals surface area (Å²) in [6.45, 7) is 1.97. The average Bonchev–Trinajstić information content (AvgIpc) is 2.87. The lowest BCUT2D eigenvalue weighted by Gasteiger charge is -2.39. The molecule has 0 bridgehead atoms. The maximum absolute atomic E-state index is 13.9. The molecule has 0 spiro atoms. The van der Waals surface area contributed by atoms with E-state index in [2.05, 4.69) is 9.97 Å². The van der Waals surface area contributed by atoms with Crippen LogP contribution in [0.3, 0.4) is 0 Å². The van der Waals surface area contributed by atoms with Gasteiger partial charge in [0.05, 0.1) is 0 Å². The minimum Gasteiger partial charge on any atom is -0.478 e. The molecule has 1 aromatic heterocycles. The van der Waals surface area contributed by atoms with Gasteiger partial charge in [0, 0.05) is 18.5 Å². The SMILES string of the molecule is Cc1ccnc(OC(C(=O)O)C(OCCC2CCCCC2)(c2ccc(F)cc2)c2ccc(F)cc2)n1. The number of aromatic nitrogens is 2. The van der Waals surface area contributed by atoms with Crippen molar-refractivity contribution >= 4 is 5.97 Å². The van der Waals surface area contributed by atoms with Crippen LogP contribution >= 0.6 is 0 Å². The Morgan fingerprint density at radius 2 is 1.58 bits per heavy atom. The van der Waals surface area contributed by atoms with E-state index in [-0.39, 0.29) is 12.6 Å². The molecule has 8 heteroatoms. The van der Waals surface area contributed by atoms with E-state index in [1.807, 2.05) is 0 Å². The zero-order chi connectivity index (χ0) is 25.5. The number of benzene rings is 2. The number of aliphatic carboxylic acids is 1. The summed E-state index contributed by atoms with van der Waals surface area (Å²) in [7, 11) is 0. The summed E-state index contributed by atoms with van der Waals surface area (Å²) >= 11 is 0. The van der Waals surface area contributed by atoms with Gasteiger partial charge in [-0.05, 0) is 60.7 Å². The third-order valence-electron chi connectivity index (χ3n) is 6.72. The molecule has 2 aromatic carbocycles. The second-order valence-electron chi connectivity index (χ2n) is 9.21. The molecule has 6 nitrogen and oxygen atoms in total. The van der Waals surface area contributed by atoms with Gasteiger partial charge in [-0.2, -0.15) is 0 Å². The van der Waals surface area contributed by atoms with Crippen molar-refractivity contribution in [1.82, 2.24) is 9.97 Å². The van der Waals surface area contributed by atoms with Gasteiger partial charge in [-0.25, -0.2) is 23.5 Å². The van der Waals surface area contributed by atoms with E-state index in [0.29, 0.717) is 22.7 Å². The molecule has 0 radical (unpaired) electrons. The predicted octanol–water partition coefficient (Wildman–Crippen LogP) is 5.83. The molecule has 1 atom stereocenters. The van der Waals surface area contributed by atoms with E-state index >= 15 is 0 Å². The van der Waals surface area contributed by atoms with Crippen molar-refractivity contribution < 1.29 is 28.2 Å². The van der Waals surface area contributed by atoms with Crippen LogP contribution < -0.4 is 4.74 Å². The normalized spacial score (nSPS) is 15.4. The smallest absolute Gasteiger partial charge is 0.348 e. The summed E-state index contributed by atoms with van der Waals surface area (Å²) in [6, 6.07) is 12.3. The minimum absolute atomic E-state index is 0.133. The summed E-state index contributed by atoms with van der Waals surface area (Å²) in [5.41, 5.74) is -0.412. The molecule has 1 unspecified atom stereocenters. The second kappa shape index (κ2) is 11.6. The van der Waals surface area contributed by atoms with Crippen molar-refractivity contribution in [1.29, 1.82) is 0 Å². The molecule has 1 aliphatic carbocycles. The van der Waals surface area contributed by atoms with Gasteiger partial charge in [-0.1, -0.05) is 56.4 Å². The fraction of sp³-hybridized carbons (Fsp3) is 0.393. The first-order chi connectivity index (χ1) is 17.4. The molecule has 3 aromatic rings. The van der Waals surface area contributed by atoms with E-state index in [9.17, 15) is 18.7 Å². The Bertz CT molecular complexity index is 1100. The maximum atomic E-state index is 13.9. The Morgan fingerprint density at radius 1 is 1.00 bits per heavy atom. The Balaban J connectivity index is 1.81. The lowest BCUT2D eigenvalue weighted by atomic mass is 9.80. The number of hydrogen-bond acceptors (Lipinski definition) is 5. The number of hydrogen-bond donors (Lipinski definition) is 1. The number of aryl methyl sites for hydroxylation is 1. The van der Waals surface area contributed by atoms with Crippen molar-refractivity contribution in [2.24, 2.45) is 5.92 Å². The summed E-state index contributed by atoms with van der Waals surface area (Å²) in [4.78, 5) is 21.1. The first-order valence-electron chi connectivity index (χ1n) is 12.2. The molecule has 0 amide bonds. The van der Waals surface area contributed by atoms with E-state index < -0.39 is 29.3 Å². The van der Waals surface area contributed by atoms with Crippen LogP contribution in [0.5, 0.6) is 6.01 Å². The molecule has 1 heterocycles. The Kier molecular flexibility index (Phi) is 8.25. The molecule has 0 saturated heterocycles. The topological polar surface area (TPSA) is 81.5 Å². The highest BCUT2D eigenvalue weighted by Crippen LogP contribution is 2.40. The summed E-state index contributed by atoms with van der Waals surface area (Å²) in [6.07, 6.45) is 6.29. The monoisotopic (exact) mass is 496 g/mol. The Hall–Kier alpha value is -3.39. The molecule has 190 valence electrons. The molecule has 1 aliphatic rings. The predicted molar refractivity (Wildman–Crippen MR) is 130 cm³/mol. The van der Waals surface area contributed by atoms with Crippen molar-refractivity contribution in [3.8, 4) is 6.01 Å². The lowest BCUT2D eigenvalue weighted by Crippen LogP contribution is -2.51. The number of rotatable bonds is 10. The van der Waals surface area contributed by atoms with Crippen LogP contribution in [0.4, 0.5) is 8.78 Å². The molecule has 1 saturated carbocycles. The largest absolute Gasteiger partial charge is 0.478 e. The first kappa shape index (κ1) is 25.7. The Morgan fingerprint density at radius 3 is 2.11 bits per heavy atom. The van der Waals surface area contributed by atoms with E-state index in [1.54, 1.807) is 13.0 Å². The molecule has 4 rings (SSSR count). The van der Waals surface area contributed by atoms with Gasteiger partial charge >= 0.3 is 12.0 Å². The zero-order valence-electron chi connectivity index (χ0n) is 20.2. The molecular weight excluding hydrogens is 466 g/mol. The minimum atomic E-state index is -1.73. The van der Waals surface area contributed by atoms with Crippen LogP contribution in [-0.4, -0.2) is 33.8 Å².